The third-order valence-corrected chi connectivity index (χ3v) is 6.47. The van der Waals surface area contributed by atoms with Crippen LogP contribution in [0.15, 0.2) is 24.3 Å². The van der Waals surface area contributed by atoms with Gasteiger partial charge in [0.15, 0.2) is 0 Å². The van der Waals surface area contributed by atoms with E-state index in [2.05, 4.69) is 11.4 Å². The normalized spacial score (nSPS) is 21.1. The molecule has 1 fully saturated rings. The Kier molecular flexibility index (Phi) is 3.50. The molecule has 4 nitrogen and oxygen atoms in total. The highest BCUT2D eigenvalue weighted by Crippen LogP contribution is 2.46. The zero-order valence-electron chi connectivity index (χ0n) is 11.9. The summed E-state index contributed by atoms with van der Waals surface area (Å²) in [6, 6.07) is 8.04. The van der Waals surface area contributed by atoms with Crippen LogP contribution in [0, 0.1) is 0 Å². The van der Waals surface area contributed by atoms with Crippen molar-refractivity contribution in [2.24, 2.45) is 0 Å². The van der Waals surface area contributed by atoms with E-state index in [4.69, 9.17) is 0 Å². The topological polar surface area (TPSA) is 49.4 Å². The smallest absolute Gasteiger partial charge is 0.235 e. The van der Waals surface area contributed by atoms with Crippen LogP contribution in [-0.2, 0) is 15.4 Å². The summed E-state index contributed by atoms with van der Waals surface area (Å²) in [5, 5.41) is 3.38. The van der Waals surface area contributed by atoms with Gasteiger partial charge in [0.05, 0.1) is 11.4 Å². The minimum atomic E-state index is -3.19. The molecule has 0 radical (unpaired) electrons. The molecule has 1 spiro atoms. The third-order valence-electron chi connectivity index (χ3n) is 4.55. The summed E-state index contributed by atoms with van der Waals surface area (Å²) in [6.07, 6.45) is 2.69. The number of piperidine rings is 1. The Morgan fingerprint density at radius 2 is 1.95 bits per heavy atom. The molecule has 20 heavy (non-hydrogen) atoms. The SMILES string of the molecule is CCCS(=O)(=O)N1CC2(CCNCC2)c2ccccc21. The fourth-order valence-electron chi connectivity index (χ4n) is 3.53. The molecule has 1 aromatic rings. The maximum atomic E-state index is 12.5. The highest BCUT2D eigenvalue weighted by Gasteiger charge is 2.46. The molecule has 1 aromatic carbocycles. The molecule has 5 heteroatoms. The molecular weight excluding hydrogens is 272 g/mol. The molecule has 2 aliphatic heterocycles. The summed E-state index contributed by atoms with van der Waals surface area (Å²) < 4.78 is 26.7. The van der Waals surface area contributed by atoms with E-state index in [9.17, 15) is 8.42 Å². The Balaban J connectivity index is 2.05. The van der Waals surface area contributed by atoms with Gasteiger partial charge in [0, 0.05) is 12.0 Å². The fraction of sp³-hybridized carbons (Fsp3) is 0.600. The quantitative estimate of drug-likeness (QED) is 0.926. The lowest BCUT2D eigenvalue weighted by molar-refractivity contribution is 0.330. The molecular formula is C15H22N2O2S. The lowest BCUT2D eigenvalue weighted by Crippen LogP contribution is -2.44. The summed E-state index contributed by atoms with van der Waals surface area (Å²) >= 11 is 0. The van der Waals surface area contributed by atoms with Gasteiger partial charge in [-0.15, -0.1) is 0 Å². The van der Waals surface area contributed by atoms with Gasteiger partial charge in [0.25, 0.3) is 0 Å². The molecule has 110 valence electrons. The molecule has 0 saturated carbocycles. The van der Waals surface area contributed by atoms with Gasteiger partial charge in [-0.1, -0.05) is 25.1 Å². The van der Waals surface area contributed by atoms with Gasteiger partial charge in [0.2, 0.25) is 10.0 Å². The van der Waals surface area contributed by atoms with Crippen molar-refractivity contribution in [1.82, 2.24) is 5.32 Å². The van der Waals surface area contributed by atoms with Crippen molar-refractivity contribution in [2.75, 3.05) is 29.7 Å². The summed E-state index contributed by atoms with van der Waals surface area (Å²) in [7, 11) is -3.19. The number of nitrogens with zero attached hydrogens (tertiary/aromatic N) is 1. The molecule has 0 aliphatic carbocycles. The first kappa shape index (κ1) is 13.9. The zero-order chi connectivity index (χ0) is 14.2. The number of sulfonamides is 1. The standard InChI is InChI=1S/C15H22N2O2S/c1-2-11-20(18,19)17-12-15(7-9-16-10-8-15)13-5-3-4-6-14(13)17/h3-6,16H,2,7-12H2,1H3. The van der Waals surface area contributed by atoms with Crippen LogP contribution in [0.2, 0.25) is 0 Å². The number of nitrogens with one attached hydrogen (secondary N) is 1. The van der Waals surface area contributed by atoms with E-state index >= 15 is 0 Å². The largest absolute Gasteiger partial charge is 0.317 e. The van der Waals surface area contributed by atoms with Crippen LogP contribution >= 0.6 is 0 Å². The number of rotatable bonds is 3. The van der Waals surface area contributed by atoms with E-state index in [-0.39, 0.29) is 11.2 Å². The van der Waals surface area contributed by atoms with Crippen LogP contribution in [0.1, 0.15) is 31.7 Å². The number of hydrogen-bond acceptors (Lipinski definition) is 3. The van der Waals surface area contributed by atoms with Crippen LogP contribution in [0.5, 0.6) is 0 Å². The molecule has 0 aromatic heterocycles. The second-order valence-corrected chi connectivity index (χ2v) is 7.88. The minimum absolute atomic E-state index is 0.0165. The molecule has 0 atom stereocenters. The first-order valence-electron chi connectivity index (χ1n) is 7.40. The molecule has 0 amide bonds. The maximum absolute atomic E-state index is 12.5. The molecule has 3 rings (SSSR count). The van der Waals surface area contributed by atoms with Gasteiger partial charge < -0.3 is 5.32 Å². The first-order chi connectivity index (χ1) is 9.59. The predicted molar refractivity (Wildman–Crippen MR) is 81.6 cm³/mol. The van der Waals surface area contributed by atoms with E-state index in [0.29, 0.717) is 13.0 Å². The Labute approximate surface area is 121 Å². The molecule has 0 unspecified atom stereocenters. The van der Waals surface area contributed by atoms with Crippen LogP contribution in [0.25, 0.3) is 0 Å². The van der Waals surface area contributed by atoms with Gasteiger partial charge >= 0.3 is 0 Å². The Morgan fingerprint density at radius 1 is 1.25 bits per heavy atom. The summed E-state index contributed by atoms with van der Waals surface area (Å²) in [5.41, 5.74) is 2.15. The van der Waals surface area contributed by atoms with Gasteiger partial charge in [-0.2, -0.15) is 0 Å². The molecule has 2 heterocycles. The molecule has 1 N–H and O–H groups in total. The van der Waals surface area contributed by atoms with E-state index in [1.807, 2.05) is 25.1 Å². The lowest BCUT2D eigenvalue weighted by atomic mass is 9.75. The van der Waals surface area contributed by atoms with E-state index in [1.165, 1.54) is 5.56 Å². The van der Waals surface area contributed by atoms with Crippen LogP contribution in [-0.4, -0.2) is 33.8 Å². The average Bonchev–Trinajstić information content (AvgIpc) is 2.76. The Bertz CT molecular complexity index is 592. The minimum Gasteiger partial charge on any atom is -0.317 e. The van der Waals surface area contributed by atoms with Crippen molar-refractivity contribution in [3.8, 4) is 0 Å². The predicted octanol–water partition coefficient (Wildman–Crippen LogP) is 1.87. The first-order valence-corrected chi connectivity index (χ1v) is 9.01. The number of fused-ring (bicyclic) bond motifs is 2. The van der Waals surface area contributed by atoms with Crippen molar-refractivity contribution >= 4 is 15.7 Å². The van der Waals surface area contributed by atoms with E-state index < -0.39 is 10.0 Å². The summed E-state index contributed by atoms with van der Waals surface area (Å²) in [4.78, 5) is 0. The van der Waals surface area contributed by atoms with Gasteiger partial charge in [-0.25, -0.2) is 8.42 Å². The number of benzene rings is 1. The van der Waals surface area contributed by atoms with Gasteiger partial charge in [0.1, 0.15) is 0 Å². The summed E-state index contributed by atoms with van der Waals surface area (Å²) in [5.74, 6) is 0.232. The number of anilines is 1. The highest BCUT2D eigenvalue weighted by molar-refractivity contribution is 7.92. The third kappa shape index (κ3) is 2.13. The Morgan fingerprint density at radius 3 is 2.65 bits per heavy atom. The van der Waals surface area contributed by atoms with Crippen molar-refractivity contribution in [3.63, 3.8) is 0 Å². The van der Waals surface area contributed by atoms with E-state index in [1.54, 1.807) is 4.31 Å². The van der Waals surface area contributed by atoms with Crippen molar-refractivity contribution in [2.45, 2.75) is 31.6 Å². The van der Waals surface area contributed by atoms with Crippen LogP contribution in [0.4, 0.5) is 5.69 Å². The fourth-order valence-corrected chi connectivity index (χ4v) is 5.17. The monoisotopic (exact) mass is 294 g/mol. The van der Waals surface area contributed by atoms with E-state index in [0.717, 1.165) is 31.6 Å². The highest BCUT2D eigenvalue weighted by atomic mass is 32.2. The van der Waals surface area contributed by atoms with Crippen molar-refractivity contribution in [3.05, 3.63) is 29.8 Å². The van der Waals surface area contributed by atoms with Gasteiger partial charge in [-0.3, -0.25) is 4.31 Å². The van der Waals surface area contributed by atoms with Crippen molar-refractivity contribution < 1.29 is 8.42 Å². The molecule has 1 saturated heterocycles. The zero-order valence-corrected chi connectivity index (χ0v) is 12.7. The maximum Gasteiger partial charge on any atom is 0.235 e. The molecule has 0 bridgehead atoms. The summed E-state index contributed by atoms with van der Waals surface area (Å²) in [6.45, 7) is 4.47. The Hall–Kier alpha value is -1.07. The van der Waals surface area contributed by atoms with Crippen LogP contribution in [0.3, 0.4) is 0 Å². The van der Waals surface area contributed by atoms with Crippen LogP contribution < -0.4 is 9.62 Å². The second kappa shape index (κ2) is 5.04. The number of hydrogen-bond donors (Lipinski definition) is 1. The van der Waals surface area contributed by atoms with Crippen molar-refractivity contribution in [1.29, 1.82) is 0 Å². The lowest BCUT2D eigenvalue weighted by Gasteiger charge is -2.34. The van der Waals surface area contributed by atoms with Gasteiger partial charge in [-0.05, 0) is 44.0 Å². The average molecular weight is 294 g/mol. The molecule has 2 aliphatic rings. The second-order valence-electron chi connectivity index (χ2n) is 5.87. The number of para-hydroxylation sites is 1.